The molecule has 0 fully saturated rings. The monoisotopic (exact) mass is 253 g/mol. The summed E-state index contributed by atoms with van der Waals surface area (Å²) >= 11 is 1.90. The summed E-state index contributed by atoms with van der Waals surface area (Å²) in [4.78, 5) is 6.61. The first-order valence-electron chi connectivity index (χ1n) is 6.03. The van der Waals surface area contributed by atoms with Crippen LogP contribution in [0.15, 0.2) is 18.5 Å². The van der Waals surface area contributed by atoms with Gasteiger partial charge in [-0.25, -0.2) is 0 Å². The van der Waals surface area contributed by atoms with Crippen LogP contribution < -0.4 is 10.2 Å². The van der Waals surface area contributed by atoms with Gasteiger partial charge in [-0.05, 0) is 31.4 Å². The van der Waals surface area contributed by atoms with Crippen LogP contribution >= 0.6 is 11.8 Å². The van der Waals surface area contributed by atoms with Crippen LogP contribution in [0.3, 0.4) is 0 Å². The second kappa shape index (κ2) is 7.56. The van der Waals surface area contributed by atoms with Gasteiger partial charge in [0.15, 0.2) is 0 Å². The zero-order valence-electron chi connectivity index (χ0n) is 11.2. The Kier molecular flexibility index (Phi) is 6.37. The molecule has 1 atom stereocenters. The van der Waals surface area contributed by atoms with E-state index in [2.05, 4.69) is 41.5 Å². The molecule has 1 aromatic heterocycles. The lowest BCUT2D eigenvalue weighted by atomic mass is 10.1. The number of nitrogens with one attached hydrogen (secondary N) is 1. The number of aromatic nitrogens is 1. The van der Waals surface area contributed by atoms with Crippen LogP contribution in [0.1, 0.15) is 18.9 Å². The fraction of sp³-hybridized carbons (Fsp3) is 0.615. The Labute approximate surface area is 109 Å². The van der Waals surface area contributed by atoms with E-state index in [1.54, 1.807) is 0 Å². The fourth-order valence-corrected chi connectivity index (χ4v) is 2.81. The predicted octanol–water partition coefficient (Wildman–Crippen LogP) is 2.38. The number of pyridine rings is 1. The van der Waals surface area contributed by atoms with Crippen LogP contribution in [0.2, 0.25) is 0 Å². The van der Waals surface area contributed by atoms with E-state index in [4.69, 9.17) is 0 Å². The van der Waals surface area contributed by atoms with Crippen molar-refractivity contribution in [3.63, 3.8) is 0 Å². The summed E-state index contributed by atoms with van der Waals surface area (Å²) in [5.41, 5.74) is 2.55. The molecule has 96 valence electrons. The third-order valence-corrected chi connectivity index (χ3v) is 3.73. The van der Waals surface area contributed by atoms with Crippen molar-refractivity contribution in [2.45, 2.75) is 25.9 Å². The van der Waals surface area contributed by atoms with Gasteiger partial charge in [0, 0.05) is 31.6 Å². The molecule has 0 saturated carbocycles. The van der Waals surface area contributed by atoms with E-state index < -0.39 is 0 Å². The largest absolute Gasteiger partial charge is 0.369 e. The molecule has 0 saturated heterocycles. The van der Waals surface area contributed by atoms with Crippen molar-refractivity contribution in [2.24, 2.45) is 0 Å². The van der Waals surface area contributed by atoms with Crippen LogP contribution in [-0.2, 0) is 6.54 Å². The van der Waals surface area contributed by atoms with Crippen molar-refractivity contribution >= 4 is 17.4 Å². The maximum atomic E-state index is 4.25. The lowest BCUT2D eigenvalue weighted by Crippen LogP contribution is -2.34. The van der Waals surface area contributed by atoms with E-state index in [1.807, 2.05) is 31.2 Å². The minimum Gasteiger partial charge on any atom is -0.369 e. The second-order valence-corrected chi connectivity index (χ2v) is 5.07. The normalized spacial score (nSPS) is 12.5. The molecule has 0 amide bonds. The molecule has 1 rings (SSSR count). The molecule has 1 unspecified atom stereocenters. The highest BCUT2D eigenvalue weighted by Gasteiger charge is 2.15. The Balaban J connectivity index is 2.89. The predicted molar refractivity (Wildman–Crippen MR) is 77.9 cm³/mol. The molecule has 0 aromatic carbocycles. The van der Waals surface area contributed by atoms with Crippen LogP contribution in [-0.4, -0.2) is 37.1 Å². The van der Waals surface area contributed by atoms with Gasteiger partial charge in [-0.1, -0.05) is 6.92 Å². The van der Waals surface area contributed by atoms with Crippen LogP contribution in [0.25, 0.3) is 0 Å². The fourth-order valence-electron chi connectivity index (χ4n) is 1.97. The first-order valence-corrected chi connectivity index (χ1v) is 7.43. The maximum Gasteiger partial charge on any atom is 0.0598 e. The summed E-state index contributed by atoms with van der Waals surface area (Å²) in [7, 11) is 4.14. The van der Waals surface area contributed by atoms with Crippen molar-refractivity contribution in [3.05, 3.63) is 24.0 Å². The molecule has 1 N–H and O–H groups in total. The summed E-state index contributed by atoms with van der Waals surface area (Å²) in [6.45, 7) is 3.13. The molecular formula is C13H23N3S. The zero-order chi connectivity index (χ0) is 12.7. The van der Waals surface area contributed by atoms with Gasteiger partial charge < -0.3 is 10.2 Å². The second-order valence-electron chi connectivity index (χ2n) is 4.16. The lowest BCUT2D eigenvalue weighted by molar-refractivity contribution is 0.666. The van der Waals surface area contributed by atoms with Crippen molar-refractivity contribution in [1.29, 1.82) is 0 Å². The molecular weight excluding hydrogens is 230 g/mol. The molecule has 17 heavy (non-hydrogen) atoms. The first kappa shape index (κ1) is 14.3. The van der Waals surface area contributed by atoms with Gasteiger partial charge in [0.1, 0.15) is 0 Å². The Morgan fingerprint density at radius 3 is 2.88 bits per heavy atom. The first-order chi connectivity index (χ1) is 8.24. The molecule has 4 heteroatoms. The highest BCUT2D eigenvalue weighted by Crippen LogP contribution is 2.22. The summed E-state index contributed by atoms with van der Waals surface area (Å²) in [6.07, 6.45) is 7.15. The Hall–Kier alpha value is -0.740. The molecule has 0 aliphatic rings. The summed E-state index contributed by atoms with van der Waals surface area (Å²) in [5, 5.41) is 3.21. The third-order valence-electron chi connectivity index (χ3n) is 3.01. The van der Waals surface area contributed by atoms with Gasteiger partial charge in [0.2, 0.25) is 0 Å². The molecule has 1 aromatic rings. The number of nitrogens with zero attached hydrogens (tertiary/aromatic N) is 2. The number of thioether (sulfide) groups is 1. The van der Waals surface area contributed by atoms with Crippen LogP contribution in [0, 0.1) is 0 Å². The number of rotatable bonds is 7. The maximum absolute atomic E-state index is 4.25. The van der Waals surface area contributed by atoms with E-state index in [1.165, 1.54) is 11.3 Å². The zero-order valence-corrected chi connectivity index (χ0v) is 12.0. The molecule has 1 heterocycles. The molecule has 0 bridgehead atoms. The Bertz CT molecular complexity index is 330. The average Bonchev–Trinajstić information content (AvgIpc) is 2.36. The highest BCUT2D eigenvalue weighted by atomic mass is 32.2. The molecule has 0 aliphatic carbocycles. The van der Waals surface area contributed by atoms with Gasteiger partial charge in [-0.2, -0.15) is 11.8 Å². The summed E-state index contributed by atoms with van der Waals surface area (Å²) < 4.78 is 0. The number of hydrogen-bond donors (Lipinski definition) is 1. The molecule has 0 aliphatic heterocycles. The molecule has 3 nitrogen and oxygen atoms in total. The average molecular weight is 253 g/mol. The van der Waals surface area contributed by atoms with Gasteiger partial charge in [0.05, 0.1) is 11.9 Å². The standard InChI is InChI=1S/C13H23N3S/c1-5-12(10-17-4)16(3)13-9-15-7-6-11(13)8-14-2/h6-7,9,12,14H,5,8,10H2,1-4H3. The van der Waals surface area contributed by atoms with E-state index >= 15 is 0 Å². The van der Waals surface area contributed by atoms with Crippen molar-refractivity contribution in [2.75, 3.05) is 31.0 Å². The lowest BCUT2D eigenvalue weighted by Gasteiger charge is -2.30. The Morgan fingerprint density at radius 1 is 1.53 bits per heavy atom. The van der Waals surface area contributed by atoms with E-state index in [9.17, 15) is 0 Å². The SMILES string of the molecule is CCC(CSC)N(C)c1cnccc1CNC. The van der Waals surface area contributed by atoms with Gasteiger partial charge in [-0.3, -0.25) is 4.98 Å². The van der Waals surface area contributed by atoms with Gasteiger partial charge in [-0.15, -0.1) is 0 Å². The Morgan fingerprint density at radius 2 is 2.29 bits per heavy atom. The third kappa shape index (κ3) is 3.89. The van der Waals surface area contributed by atoms with Crippen LogP contribution in [0.4, 0.5) is 5.69 Å². The van der Waals surface area contributed by atoms with Crippen LogP contribution in [0.5, 0.6) is 0 Å². The van der Waals surface area contributed by atoms with E-state index in [-0.39, 0.29) is 0 Å². The number of anilines is 1. The smallest absolute Gasteiger partial charge is 0.0598 e. The number of hydrogen-bond acceptors (Lipinski definition) is 4. The van der Waals surface area contributed by atoms with E-state index in [0.717, 1.165) is 18.7 Å². The molecule has 0 radical (unpaired) electrons. The topological polar surface area (TPSA) is 28.2 Å². The minimum absolute atomic E-state index is 0.574. The summed E-state index contributed by atoms with van der Waals surface area (Å²) in [5.74, 6) is 1.15. The highest BCUT2D eigenvalue weighted by molar-refractivity contribution is 7.98. The van der Waals surface area contributed by atoms with Crippen molar-refractivity contribution in [1.82, 2.24) is 10.3 Å². The molecule has 0 spiro atoms. The summed E-state index contributed by atoms with van der Waals surface area (Å²) in [6, 6.07) is 2.67. The quantitative estimate of drug-likeness (QED) is 0.807. The van der Waals surface area contributed by atoms with Crippen molar-refractivity contribution in [3.8, 4) is 0 Å². The van der Waals surface area contributed by atoms with Gasteiger partial charge >= 0.3 is 0 Å². The van der Waals surface area contributed by atoms with Gasteiger partial charge in [0.25, 0.3) is 0 Å². The van der Waals surface area contributed by atoms with E-state index in [0.29, 0.717) is 6.04 Å². The minimum atomic E-state index is 0.574. The van der Waals surface area contributed by atoms with Crippen molar-refractivity contribution < 1.29 is 0 Å².